The van der Waals surface area contributed by atoms with Gasteiger partial charge in [0, 0.05) is 32.0 Å². The molecule has 0 amide bonds. The molecular formula is C14H26N2O2. The zero-order chi connectivity index (χ0) is 13.6. The SMILES string of the molecule is CCCn1ccnc1CC(O)C(C)(CC)OCC. The number of aliphatic hydroxyl groups excluding tert-OH is 1. The first kappa shape index (κ1) is 15.2. The normalized spacial score (nSPS) is 16.5. The van der Waals surface area contributed by atoms with Gasteiger partial charge in [-0.15, -0.1) is 0 Å². The average molecular weight is 254 g/mol. The van der Waals surface area contributed by atoms with Gasteiger partial charge in [-0.25, -0.2) is 4.98 Å². The second-order valence-electron chi connectivity index (χ2n) is 4.86. The van der Waals surface area contributed by atoms with E-state index in [1.165, 1.54) is 0 Å². The van der Waals surface area contributed by atoms with Crippen LogP contribution in [0.4, 0.5) is 0 Å². The van der Waals surface area contributed by atoms with E-state index in [2.05, 4.69) is 16.5 Å². The van der Waals surface area contributed by atoms with Crippen LogP contribution in [0.5, 0.6) is 0 Å². The Morgan fingerprint density at radius 3 is 2.72 bits per heavy atom. The maximum atomic E-state index is 10.4. The Labute approximate surface area is 110 Å². The van der Waals surface area contributed by atoms with Gasteiger partial charge in [0.05, 0.1) is 11.7 Å². The third-order valence-corrected chi connectivity index (χ3v) is 3.52. The maximum Gasteiger partial charge on any atom is 0.111 e. The lowest BCUT2D eigenvalue weighted by Crippen LogP contribution is -2.43. The van der Waals surface area contributed by atoms with Crippen LogP contribution < -0.4 is 0 Å². The molecule has 0 saturated carbocycles. The highest BCUT2D eigenvalue weighted by Gasteiger charge is 2.32. The van der Waals surface area contributed by atoms with Crippen LogP contribution in [0.25, 0.3) is 0 Å². The highest BCUT2D eigenvalue weighted by Crippen LogP contribution is 2.22. The number of rotatable bonds is 8. The molecule has 1 rings (SSSR count). The first-order valence-electron chi connectivity index (χ1n) is 6.89. The van der Waals surface area contributed by atoms with Crippen LogP contribution in [-0.2, 0) is 17.7 Å². The molecule has 0 saturated heterocycles. The number of aromatic nitrogens is 2. The van der Waals surface area contributed by atoms with Crippen molar-refractivity contribution in [3.63, 3.8) is 0 Å². The Kier molecular flexibility index (Phi) is 5.82. The molecule has 4 nitrogen and oxygen atoms in total. The van der Waals surface area contributed by atoms with E-state index in [9.17, 15) is 5.11 Å². The van der Waals surface area contributed by atoms with Gasteiger partial charge in [-0.05, 0) is 26.7 Å². The predicted molar refractivity (Wildman–Crippen MR) is 72.6 cm³/mol. The topological polar surface area (TPSA) is 47.3 Å². The van der Waals surface area contributed by atoms with Gasteiger partial charge in [-0.2, -0.15) is 0 Å². The van der Waals surface area contributed by atoms with Gasteiger partial charge in [0.2, 0.25) is 0 Å². The van der Waals surface area contributed by atoms with Crippen molar-refractivity contribution < 1.29 is 9.84 Å². The summed E-state index contributed by atoms with van der Waals surface area (Å²) in [7, 11) is 0. The number of hydrogen-bond donors (Lipinski definition) is 1. The number of hydrogen-bond acceptors (Lipinski definition) is 3. The van der Waals surface area contributed by atoms with E-state index in [-0.39, 0.29) is 0 Å². The van der Waals surface area contributed by atoms with E-state index in [0.29, 0.717) is 13.0 Å². The summed E-state index contributed by atoms with van der Waals surface area (Å²) in [5.74, 6) is 0.934. The number of ether oxygens (including phenoxy) is 1. The molecular weight excluding hydrogens is 228 g/mol. The van der Waals surface area contributed by atoms with E-state index in [4.69, 9.17) is 4.74 Å². The fourth-order valence-electron chi connectivity index (χ4n) is 2.13. The molecule has 0 bridgehead atoms. The average Bonchev–Trinajstić information content (AvgIpc) is 2.77. The minimum Gasteiger partial charge on any atom is -0.390 e. The molecule has 1 N–H and O–H groups in total. The van der Waals surface area contributed by atoms with Crippen LogP contribution in [0.2, 0.25) is 0 Å². The van der Waals surface area contributed by atoms with Crippen molar-refractivity contribution in [3.8, 4) is 0 Å². The molecule has 2 unspecified atom stereocenters. The minimum atomic E-state index is -0.527. The molecule has 0 radical (unpaired) electrons. The highest BCUT2D eigenvalue weighted by molar-refractivity contribution is 4.98. The standard InChI is InChI=1S/C14H26N2O2/c1-5-9-16-10-8-15-13(16)11-12(17)14(4,6-2)18-7-3/h8,10,12,17H,5-7,9,11H2,1-4H3. The molecule has 1 aromatic heterocycles. The van der Waals surface area contributed by atoms with Gasteiger partial charge in [0.15, 0.2) is 0 Å². The molecule has 0 spiro atoms. The molecule has 18 heavy (non-hydrogen) atoms. The van der Waals surface area contributed by atoms with Crippen LogP contribution in [0.3, 0.4) is 0 Å². The van der Waals surface area contributed by atoms with E-state index in [0.717, 1.165) is 25.2 Å². The van der Waals surface area contributed by atoms with Crippen molar-refractivity contribution >= 4 is 0 Å². The zero-order valence-electron chi connectivity index (χ0n) is 12.0. The number of nitrogens with zero attached hydrogens (tertiary/aromatic N) is 2. The van der Waals surface area contributed by atoms with Crippen molar-refractivity contribution in [1.82, 2.24) is 9.55 Å². The Morgan fingerprint density at radius 2 is 2.17 bits per heavy atom. The number of aryl methyl sites for hydroxylation is 1. The first-order chi connectivity index (χ1) is 8.57. The Balaban J connectivity index is 2.73. The third-order valence-electron chi connectivity index (χ3n) is 3.52. The van der Waals surface area contributed by atoms with Gasteiger partial charge < -0.3 is 14.4 Å². The smallest absolute Gasteiger partial charge is 0.111 e. The fraction of sp³-hybridized carbons (Fsp3) is 0.786. The van der Waals surface area contributed by atoms with Crippen LogP contribution in [0.15, 0.2) is 12.4 Å². The van der Waals surface area contributed by atoms with Crippen LogP contribution in [0, 0.1) is 0 Å². The summed E-state index contributed by atoms with van der Waals surface area (Å²) < 4.78 is 7.80. The first-order valence-corrected chi connectivity index (χ1v) is 6.89. The van der Waals surface area contributed by atoms with Crippen molar-refractivity contribution in [3.05, 3.63) is 18.2 Å². The monoisotopic (exact) mass is 254 g/mol. The van der Waals surface area contributed by atoms with Gasteiger partial charge in [0.25, 0.3) is 0 Å². The van der Waals surface area contributed by atoms with Crippen LogP contribution in [-0.4, -0.2) is 33.0 Å². The van der Waals surface area contributed by atoms with Crippen molar-refractivity contribution in [2.45, 2.75) is 65.2 Å². The number of imidazole rings is 1. The largest absolute Gasteiger partial charge is 0.390 e. The molecule has 0 aliphatic rings. The molecule has 1 aromatic rings. The molecule has 0 aliphatic carbocycles. The quantitative estimate of drug-likeness (QED) is 0.775. The lowest BCUT2D eigenvalue weighted by molar-refractivity contribution is -0.110. The van der Waals surface area contributed by atoms with Crippen molar-refractivity contribution in [2.24, 2.45) is 0 Å². The van der Waals surface area contributed by atoms with Gasteiger partial charge >= 0.3 is 0 Å². The maximum absolute atomic E-state index is 10.4. The summed E-state index contributed by atoms with van der Waals surface area (Å²) in [5, 5.41) is 10.4. The molecule has 104 valence electrons. The second kappa shape index (κ2) is 6.90. The summed E-state index contributed by atoms with van der Waals surface area (Å²) >= 11 is 0. The van der Waals surface area contributed by atoms with Crippen molar-refractivity contribution in [1.29, 1.82) is 0 Å². The van der Waals surface area contributed by atoms with Gasteiger partial charge in [0.1, 0.15) is 5.82 Å². The summed E-state index contributed by atoms with van der Waals surface area (Å²) in [6.07, 6.45) is 5.63. The molecule has 4 heteroatoms. The molecule has 0 fully saturated rings. The van der Waals surface area contributed by atoms with Gasteiger partial charge in [-0.3, -0.25) is 0 Å². The molecule has 0 aliphatic heterocycles. The molecule has 2 atom stereocenters. The van der Waals surface area contributed by atoms with Crippen LogP contribution >= 0.6 is 0 Å². The van der Waals surface area contributed by atoms with Crippen LogP contribution in [0.1, 0.15) is 46.4 Å². The van der Waals surface area contributed by atoms with E-state index in [1.54, 1.807) is 6.20 Å². The highest BCUT2D eigenvalue weighted by atomic mass is 16.5. The lowest BCUT2D eigenvalue weighted by atomic mass is 9.93. The zero-order valence-corrected chi connectivity index (χ0v) is 12.0. The molecule has 0 aromatic carbocycles. The summed E-state index contributed by atoms with van der Waals surface area (Å²) in [6.45, 7) is 9.66. The van der Waals surface area contributed by atoms with Crippen molar-refractivity contribution in [2.75, 3.05) is 6.61 Å². The third kappa shape index (κ3) is 3.56. The van der Waals surface area contributed by atoms with E-state index >= 15 is 0 Å². The lowest BCUT2D eigenvalue weighted by Gasteiger charge is -2.33. The summed E-state index contributed by atoms with van der Waals surface area (Å²) in [4.78, 5) is 4.33. The van der Waals surface area contributed by atoms with Gasteiger partial charge in [-0.1, -0.05) is 13.8 Å². The summed E-state index contributed by atoms with van der Waals surface area (Å²) in [5.41, 5.74) is -0.488. The Morgan fingerprint density at radius 1 is 1.44 bits per heavy atom. The summed E-state index contributed by atoms with van der Waals surface area (Å²) in [6, 6.07) is 0. The van der Waals surface area contributed by atoms with E-state index < -0.39 is 11.7 Å². The predicted octanol–water partition coefficient (Wildman–Crippen LogP) is 2.40. The second-order valence-corrected chi connectivity index (χ2v) is 4.86. The number of aliphatic hydroxyl groups is 1. The fourth-order valence-corrected chi connectivity index (χ4v) is 2.13. The Hall–Kier alpha value is -0.870. The molecule has 1 heterocycles. The Bertz CT molecular complexity index is 351. The van der Waals surface area contributed by atoms with E-state index in [1.807, 2.05) is 27.0 Å². The minimum absolute atomic E-state index is 0.488.